The normalized spacial score (nSPS) is 10.8. The van der Waals surface area contributed by atoms with Crippen LogP contribution < -0.4 is 9.64 Å². The maximum atomic E-state index is 13.2. The van der Waals surface area contributed by atoms with Gasteiger partial charge in [-0.3, -0.25) is 9.69 Å². The van der Waals surface area contributed by atoms with Crippen molar-refractivity contribution in [2.45, 2.75) is 13.8 Å². The summed E-state index contributed by atoms with van der Waals surface area (Å²) in [5.74, 6) is 0.686. The second-order valence-corrected chi connectivity index (χ2v) is 7.92. The number of thiazole rings is 1. The fourth-order valence-electron chi connectivity index (χ4n) is 2.95. The van der Waals surface area contributed by atoms with Gasteiger partial charge in [0.25, 0.3) is 5.91 Å². The number of ether oxygens (including phenoxy) is 1. The van der Waals surface area contributed by atoms with Crippen LogP contribution in [0.3, 0.4) is 0 Å². The van der Waals surface area contributed by atoms with Crippen LogP contribution in [-0.2, 0) is 0 Å². The molecule has 0 radical (unpaired) electrons. The number of rotatable bonds is 6. The van der Waals surface area contributed by atoms with E-state index >= 15 is 0 Å². The van der Waals surface area contributed by atoms with Gasteiger partial charge in [0.1, 0.15) is 5.75 Å². The van der Waals surface area contributed by atoms with Crippen molar-refractivity contribution in [3.05, 3.63) is 53.1 Å². The van der Waals surface area contributed by atoms with Gasteiger partial charge in [0, 0.05) is 18.7 Å². The van der Waals surface area contributed by atoms with Crippen molar-refractivity contribution in [2.75, 3.05) is 39.2 Å². The molecule has 0 N–H and O–H groups in total. The van der Waals surface area contributed by atoms with E-state index in [-0.39, 0.29) is 18.3 Å². The topological polar surface area (TPSA) is 45.7 Å². The van der Waals surface area contributed by atoms with Crippen molar-refractivity contribution in [1.82, 2.24) is 9.88 Å². The van der Waals surface area contributed by atoms with E-state index < -0.39 is 0 Å². The van der Waals surface area contributed by atoms with Crippen molar-refractivity contribution in [3.8, 4) is 5.75 Å². The maximum absolute atomic E-state index is 13.2. The molecule has 0 spiro atoms. The third kappa shape index (κ3) is 4.82. The Labute approximate surface area is 176 Å². The highest BCUT2D eigenvalue weighted by atomic mass is 35.5. The van der Waals surface area contributed by atoms with Gasteiger partial charge in [-0.2, -0.15) is 0 Å². The summed E-state index contributed by atoms with van der Waals surface area (Å²) in [5.41, 5.74) is 3.94. The standard InChI is InChI=1S/C21H25N3O2S.ClH/c1-14-12-15(2)19-18(13-14)27-21(22-19)24(11-10-23(3)4)20(25)16-6-8-17(26-5)9-7-16;/h6-9,12-13H,10-11H2,1-5H3;1H. The first kappa shape index (κ1) is 22.1. The van der Waals surface area contributed by atoms with Crippen LogP contribution in [0.15, 0.2) is 36.4 Å². The number of aromatic nitrogens is 1. The van der Waals surface area contributed by atoms with Gasteiger partial charge in [-0.05, 0) is 69.4 Å². The van der Waals surface area contributed by atoms with Crippen LogP contribution >= 0.6 is 23.7 Å². The Morgan fingerprint density at radius 3 is 2.39 bits per heavy atom. The summed E-state index contributed by atoms with van der Waals surface area (Å²) in [5, 5.41) is 0.737. The number of carbonyl (C=O) groups is 1. The van der Waals surface area contributed by atoms with Gasteiger partial charge in [0.15, 0.2) is 5.13 Å². The monoisotopic (exact) mass is 419 g/mol. The molecule has 0 atom stereocenters. The summed E-state index contributed by atoms with van der Waals surface area (Å²) in [6, 6.07) is 11.5. The molecule has 0 unspecified atom stereocenters. The fourth-order valence-corrected chi connectivity index (χ4v) is 4.11. The summed E-state index contributed by atoms with van der Waals surface area (Å²) in [4.78, 5) is 21.9. The molecule has 0 fully saturated rings. The molecule has 28 heavy (non-hydrogen) atoms. The first-order valence-electron chi connectivity index (χ1n) is 8.87. The van der Waals surface area contributed by atoms with Crippen LogP contribution in [0.2, 0.25) is 0 Å². The Bertz CT molecular complexity index is 954. The molecule has 150 valence electrons. The quantitative estimate of drug-likeness (QED) is 0.587. The second-order valence-electron chi connectivity index (χ2n) is 6.91. The molecule has 3 rings (SSSR count). The first-order valence-corrected chi connectivity index (χ1v) is 9.69. The lowest BCUT2D eigenvalue weighted by Crippen LogP contribution is -2.36. The maximum Gasteiger partial charge on any atom is 0.260 e. The van der Waals surface area contributed by atoms with E-state index in [0.29, 0.717) is 12.1 Å². The molecule has 1 aromatic heterocycles. The number of halogens is 1. The first-order chi connectivity index (χ1) is 12.9. The largest absolute Gasteiger partial charge is 0.497 e. The van der Waals surface area contributed by atoms with Crippen molar-refractivity contribution in [1.29, 1.82) is 0 Å². The fraction of sp³-hybridized carbons (Fsp3) is 0.333. The van der Waals surface area contributed by atoms with E-state index in [9.17, 15) is 4.79 Å². The summed E-state index contributed by atoms with van der Waals surface area (Å²) in [7, 11) is 5.62. The van der Waals surface area contributed by atoms with Crippen molar-refractivity contribution < 1.29 is 9.53 Å². The molecule has 0 aliphatic rings. The van der Waals surface area contributed by atoms with E-state index in [4.69, 9.17) is 9.72 Å². The minimum Gasteiger partial charge on any atom is -0.497 e. The highest BCUT2D eigenvalue weighted by Gasteiger charge is 2.22. The Morgan fingerprint density at radius 1 is 1.11 bits per heavy atom. The number of methoxy groups -OCH3 is 1. The molecule has 1 amide bonds. The molecule has 7 heteroatoms. The Hall–Kier alpha value is -2.15. The Balaban J connectivity index is 0.00000280. The molecule has 2 aromatic carbocycles. The van der Waals surface area contributed by atoms with Crippen molar-refractivity contribution in [3.63, 3.8) is 0 Å². The number of fused-ring (bicyclic) bond motifs is 1. The zero-order chi connectivity index (χ0) is 19.6. The molecule has 3 aromatic rings. The van der Waals surface area contributed by atoms with Crippen LogP contribution in [0.25, 0.3) is 10.2 Å². The zero-order valence-corrected chi connectivity index (χ0v) is 18.5. The van der Waals surface area contributed by atoms with Gasteiger partial charge in [-0.25, -0.2) is 4.98 Å². The minimum absolute atomic E-state index is 0. The minimum atomic E-state index is -0.0482. The van der Waals surface area contributed by atoms with E-state index in [2.05, 4.69) is 30.9 Å². The number of nitrogens with zero attached hydrogens (tertiary/aromatic N) is 3. The Kier molecular flexibility index (Phi) is 7.41. The van der Waals surface area contributed by atoms with Gasteiger partial charge in [-0.1, -0.05) is 17.4 Å². The molecule has 0 saturated heterocycles. The van der Waals surface area contributed by atoms with Crippen LogP contribution in [0.4, 0.5) is 5.13 Å². The molecule has 0 aliphatic heterocycles. The number of amides is 1. The SMILES string of the molecule is COc1ccc(C(=O)N(CCN(C)C)c2nc3c(C)cc(C)cc3s2)cc1.Cl. The average Bonchev–Trinajstić information content (AvgIpc) is 3.05. The molecule has 5 nitrogen and oxygen atoms in total. The van der Waals surface area contributed by atoms with Gasteiger partial charge >= 0.3 is 0 Å². The number of anilines is 1. The molecule has 0 aliphatic carbocycles. The summed E-state index contributed by atoms with van der Waals surface area (Å²) in [6.45, 7) is 5.48. The highest BCUT2D eigenvalue weighted by molar-refractivity contribution is 7.22. The third-order valence-electron chi connectivity index (χ3n) is 4.40. The van der Waals surface area contributed by atoms with Gasteiger partial charge < -0.3 is 9.64 Å². The molecule has 0 bridgehead atoms. The smallest absolute Gasteiger partial charge is 0.260 e. The van der Waals surface area contributed by atoms with E-state index in [1.807, 2.05) is 26.2 Å². The van der Waals surface area contributed by atoms with Crippen LogP contribution in [-0.4, -0.2) is 50.1 Å². The van der Waals surface area contributed by atoms with E-state index in [0.717, 1.165) is 33.2 Å². The molecule has 0 saturated carbocycles. The highest BCUT2D eigenvalue weighted by Crippen LogP contribution is 2.32. The number of carbonyl (C=O) groups excluding carboxylic acids is 1. The van der Waals surface area contributed by atoms with Gasteiger partial charge in [0.05, 0.1) is 17.3 Å². The van der Waals surface area contributed by atoms with Gasteiger partial charge in [0.2, 0.25) is 0 Å². The lowest BCUT2D eigenvalue weighted by Gasteiger charge is -2.22. The summed E-state index contributed by atoms with van der Waals surface area (Å²) >= 11 is 1.57. The second kappa shape index (κ2) is 9.37. The van der Waals surface area contributed by atoms with Crippen LogP contribution in [0, 0.1) is 13.8 Å². The van der Waals surface area contributed by atoms with E-state index in [1.54, 1.807) is 35.5 Å². The average molecular weight is 420 g/mol. The van der Waals surface area contributed by atoms with Crippen LogP contribution in [0.5, 0.6) is 5.75 Å². The molecular weight excluding hydrogens is 394 g/mol. The molecular formula is C21H26ClN3O2S. The summed E-state index contributed by atoms with van der Waals surface area (Å²) < 4.78 is 6.31. The lowest BCUT2D eigenvalue weighted by atomic mass is 10.1. The number of hydrogen-bond acceptors (Lipinski definition) is 5. The van der Waals surface area contributed by atoms with E-state index in [1.165, 1.54) is 5.56 Å². The zero-order valence-electron chi connectivity index (χ0n) is 16.9. The van der Waals surface area contributed by atoms with Crippen LogP contribution in [0.1, 0.15) is 21.5 Å². The van der Waals surface area contributed by atoms with Crippen molar-refractivity contribution >= 4 is 45.0 Å². The predicted octanol–water partition coefficient (Wildman–Crippen LogP) is 4.55. The number of hydrogen-bond donors (Lipinski definition) is 0. The third-order valence-corrected chi connectivity index (χ3v) is 5.43. The number of benzene rings is 2. The Morgan fingerprint density at radius 2 is 1.79 bits per heavy atom. The lowest BCUT2D eigenvalue weighted by molar-refractivity contribution is 0.0985. The number of aryl methyl sites for hydroxylation is 2. The van der Waals surface area contributed by atoms with Gasteiger partial charge in [-0.15, -0.1) is 12.4 Å². The predicted molar refractivity (Wildman–Crippen MR) is 120 cm³/mol. The van der Waals surface area contributed by atoms with Crippen molar-refractivity contribution in [2.24, 2.45) is 0 Å². The molecule has 1 heterocycles. The number of likely N-dealkylation sites (N-methyl/N-ethyl adjacent to an activating group) is 1. The summed E-state index contributed by atoms with van der Waals surface area (Å²) in [6.07, 6.45) is 0.